The fourth-order valence-corrected chi connectivity index (χ4v) is 5.39. The number of carbonyl (C=O) groups excluding carboxylic acids is 1. The molecule has 3 aliphatic rings. The third kappa shape index (κ3) is 3.30. The summed E-state index contributed by atoms with van der Waals surface area (Å²) in [7, 11) is 0. The molecule has 0 saturated carbocycles. The van der Waals surface area contributed by atoms with Crippen LogP contribution in [0.3, 0.4) is 0 Å². The van der Waals surface area contributed by atoms with Gasteiger partial charge in [-0.05, 0) is 45.4 Å². The minimum Gasteiger partial charge on any atom is -0.487 e. The number of rotatable bonds is 3. The number of anilines is 2. The summed E-state index contributed by atoms with van der Waals surface area (Å²) in [5, 5.41) is 7.44. The van der Waals surface area contributed by atoms with Crippen molar-refractivity contribution in [1.29, 1.82) is 0 Å². The number of ether oxygens (including phenoxy) is 1. The van der Waals surface area contributed by atoms with Gasteiger partial charge in [0.25, 0.3) is 5.91 Å². The number of aromatic nitrogens is 3. The topological polar surface area (TPSA) is 75.0 Å². The van der Waals surface area contributed by atoms with Gasteiger partial charge in [0.15, 0.2) is 5.65 Å². The second kappa shape index (κ2) is 7.20. The van der Waals surface area contributed by atoms with E-state index >= 15 is 0 Å². The zero-order valence-corrected chi connectivity index (χ0v) is 18.5. The maximum absolute atomic E-state index is 13.3. The van der Waals surface area contributed by atoms with Crippen LogP contribution in [0.15, 0.2) is 36.8 Å². The largest absolute Gasteiger partial charge is 0.487 e. The van der Waals surface area contributed by atoms with Crippen molar-refractivity contribution in [2.75, 3.05) is 36.4 Å². The Balaban J connectivity index is 1.36. The molecule has 1 atom stereocenters. The van der Waals surface area contributed by atoms with Crippen molar-refractivity contribution in [3.63, 3.8) is 0 Å². The first-order valence-corrected chi connectivity index (χ1v) is 11.4. The van der Waals surface area contributed by atoms with Crippen molar-refractivity contribution in [1.82, 2.24) is 19.5 Å². The van der Waals surface area contributed by atoms with Crippen LogP contribution in [0.2, 0.25) is 0 Å². The lowest BCUT2D eigenvalue weighted by Gasteiger charge is -2.39. The molecule has 8 nitrogen and oxygen atoms in total. The Labute approximate surface area is 187 Å². The molecule has 5 heterocycles. The van der Waals surface area contributed by atoms with Crippen LogP contribution in [0.5, 0.6) is 5.75 Å². The molecule has 2 fully saturated rings. The van der Waals surface area contributed by atoms with E-state index in [1.54, 1.807) is 29.2 Å². The lowest BCUT2D eigenvalue weighted by atomic mass is 10.0. The van der Waals surface area contributed by atoms with E-state index in [-0.39, 0.29) is 11.5 Å². The molecule has 2 aromatic heterocycles. The first-order valence-electron chi connectivity index (χ1n) is 11.4. The van der Waals surface area contributed by atoms with Gasteiger partial charge >= 0.3 is 0 Å². The van der Waals surface area contributed by atoms with Gasteiger partial charge in [0.2, 0.25) is 0 Å². The average molecular weight is 433 g/mol. The van der Waals surface area contributed by atoms with E-state index in [1.807, 2.05) is 0 Å². The SMILES string of the molecule is CC1(C)Cc2cc(NC(=O)c3cnn4cccnc34)c(N3CCN4CCCC4C3)cc2O1. The lowest BCUT2D eigenvalue weighted by Crippen LogP contribution is -2.50. The minimum atomic E-state index is -0.237. The Morgan fingerprint density at radius 1 is 1.25 bits per heavy atom. The first kappa shape index (κ1) is 19.5. The van der Waals surface area contributed by atoms with Gasteiger partial charge < -0.3 is 15.0 Å². The number of benzene rings is 1. The summed E-state index contributed by atoms with van der Waals surface area (Å²) >= 11 is 0. The number of fused-ring (bicyclic) bond motifs is 3. The van der Waals surface area contributed by atoms with Gasteiger partial charge in [-0.2, -0.15) is 5.10 Å². The summed E-state index contributed by atoms with van der Waals surface area (Å²) in [5.41, 5.74) is 3.78. The maximum Gasteiger partial charge on any atom is 0.261 e. The van der Waals surface area contributed by atoms with Crippen molar-refractivity contribution in [2.24, 2.45) is 0 Å². The van der Waals surface area contributed by atoms with Crippen LogP contribution < -0.4 is 15.0 Å². The number of piperazine rings is 1. The highest BCUT2D eigenvalue weighted by molar-refractivity contribution is 6.09. The van der Waals surface area contributed by atoms with Crippen LogP contribution in [-0.4, -0.2) is 63.2 Å². The summed E-state index contributed by atoms with van der Waals surface area (Å²) in [6, 6.07) is 6.60. The first-order chi connectivity index (χ1) is 15.5. The molecule has 1 N–H and O–H groups in total. The summed E-state index contributed by atoms with van der Waals surface area (Å²) in [4.78, 5) is 22.6. The Hall–Kier alpha value is -3.13. The molecular formula is C24H28N6O2. The molecular weight excluding hydrogens is 404 g/mol. The van der Waals surface area contributed by atoms with E-state index < -0.39 is 0 Å². The second-order valence-corrected chi connectivity index (χ2v) is 9.69. The van der Waals surface area contributed by atoms with E-state index in [0.717, 1.165) is 48.7 Å². The summed E-state index contributed by atoms with van der Waals surface area (Å²) < 4.78 is 7.85. The molecule has 8 heteroatoms. The number of nitrogens with one attached hydrogen (secondary N) is 1. The second-order valence-electron chi connectivity index (χ2n) is 9.69. The van der Waals surface area contributed by atoms with Gasteiger partial charge in [-0.1, -0.05) is 0 Å². The van der Waals surface area contributed by atoms with Crippen LogP contribution in [0, 0.1) is 0 Å². The maximum atomic E-state index is 13.3. The Kier molecular flexibility index (Phi) is 4.40. The average Bonchev–Trinajstić information content (AvgIpc) is 3.47. The van der Waals surface area contributed by atoms with Gasteiger partial charge in [-0.25, -0.2) is 9.50 Å². The van der Waals surface area contributed by atoms with Crippen LogP contribution >= 0.6 is 0 Å². The number of carbonyl (C=O) groups is 1. The van der Waals surface area contributed by atoms with Crippen LogP contribution in [-0.2, 0) is 6.42 Å². The smallest absolute Gasteiger partial charge is 0.261 e. The Morgan fingerprint density at radius 2 is 2.16 bits per heavy atom. The number of amides is 1. The Morgan fingerprint density at radius 3 is 3.06 bits per heavy atom. The fraction of sp³-hybridized carbons (Fsp3) is 0.458. The minimum absolute atomic E-state index is 0.197. The molecule has 3 aromatic rings. The highest BCUT2D eigenvalue weighted by Crippen LogP contribution is 2.42. The molecule has 2 saturated heterocycles. The third-order valence-corrected chi connectivity index (χ3v) is 6.88. The van der Waals surface area contributed by atoms with Crippen molar-refractivity contribution in [2.45, 2.75) is 44.8 Å². The Bertz CT molecular complexity index is 1200. The zero-order chi connectivity index (χ0) is 21.9. The van der Waals surface area contributed by atoms with Gasteiger partial charge in [0, 0.05) is 56.1 Å². The highest BCUT2D eigenvalue weighted by atomic mass is 16.5. The molecule has 1 amide bonds. The van der Waals surface area contributed by atoms with E-state index in [9.17, 15) is 4.79 Å². The van der Waals surface area contributed by atoms with E-state index in [4.69, 9.17) is 4.74 Å². The van der Waals surface area contributed by atoms with Gasteiger partial charge in [0.05, 0.1) is 17.6 Å². The summed E-state index contributed by atoms with van der Waals surface area (Å²) in [6.45, 7) is 8.38. The highest BCUT2D eigenvalue weighted by Gasteiger charge is 2.35. The third-order valence-electron chi connectivity index (χ3n) is 6.88. The van der Waals surface area contributed by atoms with Gasteiger partial charge in [0.1, 0.15) is 16.9 Å². The van der Waals surface area contributed by atoms with E-state index in [2.05, 4.69) is 51.2 Å². The van der Waals surface area contributed by atoms with Crippen molar-refractivity contribution in [3.05, 3.63) is 47.9 Å². The number of nitrogens with zero attached hydrogens (tertiary/aromatic N) is 5. The zero-order valence-electron chi connectivity index (χ0n) is 18.5. The molecule has 0 aliphatic carbocycles. The molecule has 6 rings (SSSR count). The van der Waals surface area contributed by atoms with Gasteiger partial charge in [-0.3, -0.25) is 9.69 Å². The summed E-state index contributed by atoms with van der Waals surface area (Å²) in [5.74, 6) is 0.729. The van der Waals surface area contributed by atoms with Crippen LogP contribution in [0.25, 0.3) is 5.65 Å². The number of hydrogen-bond donors (Lipinski definition) is 1. The predicted molar refractivity (Wildman–Crippen MR) is 123 cm³/mol. The van der Waals surface area contributed by atoms with E-state index in [0.29, 0.717) is 17.3 Å². The molecule has 166 valence electrons. The molecule has 0 bridgehead atoms. The molecule has 0 spiro atoms. The standard InChI is InChI=1S/C24H28N6O2/c1-24(2)13-16-11-19(27-23(31)18-14-26-30-8-4-6-25-22(18)30)20(12-21(16)32-24)29-10-9-28-7-3-5-17(28)15-29/h4,6,8,11-12,14,17H,3,5,7,9-10,13,15H2,1-2H3,(H,27,31). The van der Waals surface area contributed by atoms with Crippen molar-refractivity contribution >= 4 is 22.9 Å². The molecule has 1 aromatic carbocycles. The molecule has 1 unspecified atom stereocenters. The molecule has 3 aliphatic heterocycles. The van der Waals surface area contributed by atoms with Crippen molar-refractivity contribution < 1.29 is 9.53 Å². The number of hydrogen-bond acceptors (Lipinski definition) is 6. The molecule has 32 heavy (non-hydrogen) atoms. The molecule has 0 radical (unpaired) electrons. The lowest BCUT2D eigenvalue weighted by molar-refractivity contribution is 0.102. The van der Waals surface area contributed by atoms with Crippen LogP contribution in [0.1, 0.15) is 42.6 Å². The van der Waals surface area contributed by atoms with Gasteiger partial charge in [-0.15, -0.1) is 0 Å². The summed E-state index contributed by atoms with van der Waals surface area (Å²) in [6.07, 6.45) is 8.37. The monoisotopic (exact) mass is 432 g/mol. The normalized spacial score (nSPS) is 21.9. The van der Waals surface area contributed by atoms with Crippen LogP contribution in [0.4, 0.5) is 11.4 Å². The van der Waals surface area contributed by atoms with Crippen molar-refractivity contribution in [3.8, 4) is 5.75 Å². The fourth-order valence-electron chi connectivity index (χ4n) is 5.39. The quantitative estimate of drug-likeness (QED) is 0.686. The predicted octanol–water partition coefficient (Wildman–Crippen LogP) is 2.98. The van der Waals surface area contributed by atoms with E-state index in [1.165, 1.54) is 19.4 Å².